The van der Waals surface area contributed by atoms with E-state index < -0.39 is 0 Å². The Morgan fingerprint density at radius 2 is 1.67 bits per heavy atom. The number of hydrogen-bond donors (Lipinski definition) is 1. The van der Waals surface area contributed by atoms with E-state index >= 15 is 0 Å². The van der Waals surface area contributed by atoms with Gasteiger partial charge in [-0.1, -0.05) is 60.7 Å². The molecule has 3 aromatic heterocycles. The summed E-state index contributed by atoms with van der Waals surface area (Å²) in [6, 6.07) is 24.7. The van der Waals surface area contributed by atoms with E-state index in [2.05, 4.69) is 57.7 Å². The number of fused-ring (bicyclic) bond motifs is 1. The van der Waals surface area contributed by atoms with E-state index in [1.54, 1.807) is 11.3 Å². The van der Waals surface area contributed by atoms with Crippen LogP contribution in [0.4, 0.5) is 5.69 Å². The molecule has 33 heavy (non-hydrogen) atoms. The maximum absolute atomic E-state index is 13.4. The number of anilines is 1. The molecule has 3 heterocycles. The summed E-state index contributed by atoms with van der Waals surface area (Å²) < 4.78 is 5.20. The molecule has 0 aliphatic rings. The zero-order valence-electron chi connectivity index (χ0n) is 18.8. The largest absolute Gasteiger partial charge is 0.331 e. The molecule has 0 saturated heterocycles. The lowest BCUT2D eigenvalue weighted by Gasteiger charge is -2.12. The Labute approximate surface area is 197 Å². The summed E-state index contributed by atoms with van der Waals surface area (Å²) >= 11 is 1.65. The third-order valence-corrected chi connectivity index (χ3v) is 6.87. The van der Waals surface area contributed by atoms with Crippen molar-refractivity contribution < 1.29 is 4.79 Å². The van der Waals surface area contributed by atoms with Crippen LogP contribution in [0.25, 0.3) is 10.2 Å². The van der Waals surface area contributed by atoms with Crippen LogP contribution in [0.2, 0.25) is 0 Å². The van der Waals surface area contributed by atoms with Gasteiger partial charge in [0.2, 0.25) is 0 Å². The Hall–Kier alpha value is -3.64. The van der Waals surface area contributed by atoms with Crippen LogP contribution in [0.5, 0.6) is 0 Å². The predicted molar refractivity (Wildman–Crippen MR) is 135 cm³/mol. The van der Waals surface area contributed by atoms with Gasteiger partial charge in [0.15, 0.2) is 0 Å². The van der Waals surface area contributed by atoms with E-state index in [4.69, 9.17) is 5.10 Å². The second-order valence-corrected chi connectivity index (χ2v) is 9.18. The van der Waals surface area contributed by atoms with Crippen molar-refractivity contribution in [2.75, 3.05) is 5.32 Å². The molecule has 0 atom stereocenters. The third-order valence-electron chi connectivity index (χ3n) is 6.01. The smallest absolute Gasteiger partial charge is 0.272 e. The molecule has 1 N–H and O–H groups in total. The summed E-state index contributed by atoms with van der Waals surface area (Å²) in [6.45, 7) is 5.39. The van der Waals surface area contributed by atoms with Crippen molar-refractivity contribution in [3.05, 3.63) is 106 Å². The quantitative estimate of drug-likeness (QED) is 0.325. The molecular formula is C27H26N4OS. The second-order valence-electron chi connectivity index (χ2n) is 8.23. The van der Waals surface area contributed by atoms with Crippen LogP contribution in [-0.2, 0) is 19.5 Å². The third kappa shape index (κ3) is 4.34. The van der Waals surface area contributed by atoms with Crippen molar-refractivity contribution in [3.8, 4) is 0 Å². The van der Waals surface area contributed by atoms with Crippen molar-refractivity contribution in [1.82, 2.24) is 14.3 Å². The molecule has 5 rings (SSSR count). The summed E-state index contributed by atoms with van der Waals surface area (Å²) in [5.74, 6) is -0.108. The molecule has 5 nitrogen and oxygen atoms in total. The lowest BCUT2D eigenvalue weighted by molar-refractivity contribution is 0.101. The highest BCUT2D eigenvalue weighted by molar-refractivity contribution is 7.17. The fraction of sp³-hybridized carbons (Fsp3) is 0.185. The standard InChI is InChI=1S/C27H26N4OS/c1-19-26(20(2)31(29-19)15-13-21-9-5-3-6-10-21)28-27(32)24-17-25-23(14-16-33-25)30(24)18-22-11-7-4-8-12-22/h3-12,14,16-17H,13,15,18H2,1-2H3,(H,28,32). The maximum Gasteiger partial charge on any atom is 0.272 e. The molecule has 1 amide bonds. The molecule has 0 aliphatic carbocycles. The van der Waals surface area contributed by atoms with Gasteiger partial charge in [-0.2, -0.15) is 5.10 Å². The first-order valence-electron chi connectivity index (χ1n) is 11.1. The van der Waals surface area contributed by atoms with E-state index in [1.807, 2.05) is 48.9 Å². The van der Waals surface area contributed by atoms with Gasteiger partial charge in [-0.25, -0.2) is 0 Å². The lowest BCUT2D eigenvalue weighted by atomic mass is 10.1. The van der Waals surface area contributed by atoms with Crippen molar-refractivity contribution in [1.29, 1.82) is 0 Å². The first-order chi connectivity index (χ1) is 16.1. The molecule has 0 radical (unpaired) electrons. The number of amides is 1. The molecule has 6 heteroatoms. The number of aryl methyl sites for hydroxylation is 3. The van der Waals surface area contributed by atoms with Gasteiger partial charge in [0.1, 0.15) is 5.69 Å². The minimum absolute atomic E-state index is 0.108. The van der Waals surface area contributed by atoms with Crippen molar-refractivity contribution >= 4 is 33.1 Å². The number of nitrogens with zero attached hydrogens (tertiary/aromatic N) is 3. The topological polar surface area (TPSA) is 51.9 Å². The highest BCUT2D eigenvalue weighted by atomic mass is 32.1. The zero-order chi connectivity index (χ0) is 22.8. The average Bonchev–Trinajstić information content (AvgIpc) is 3.50. The first-order valence-corrected chi connectivity index (χ1v) is 12.0. The molecular weight excluding hydrogens is 428 g/mol. The van der Waals surface area contributed by atoms with Gasteiger partial charge < -0.3 is 9.88 Å². The van der Waals surface area contributed by atoms with Gasteiger partial charge in [-0.15, -0.1) is 11.3 Å². The van der Waals surface area contributed by atoms with Crippen LogP contribution in [0.3, 0.4) is 0 Å². The number of nitrogens with one attached hydrogen (secondary N) is 1. The second kappa shape index (κ2) is 9.08. The Morgan fingerprint density at radius 1 is 0.970 bits per heavy atom. The maximum atomic E-state index is 13.4. The molecule has 0 fully saturated rings. The van der Waals surface area contributed by atoms with Crippen LogP contribution in [-0.4, -0.2) is 20.3 Å². The summed E-state index contributed by atoms with van der Waals surface area (Å²) in [5, 5.41) is 9.91. The van der Waals surface area contributed by atoms with Gasteiger partial charge >= 0.3 is 0 Å². The van der Waals surface area contributed by atoms with Gasteiger partial charge in [0.05, 0.1) is 27.3 Å². The Morgan fingerprint density at radius 3 is 2.39 bits per heavy atom. The lowest BCUT2D eigenvalue weighted by Crippen LogP contribution is -2.18. The molecule has 5 aromatic rings. The van der Waals surface area contributed by atoms with E-state index in [9.17, 15) is 4.79 Å². The predicted octanol–water partition coefficient (Wildman–Crippen LogP) is 6.06. The molecule has 2 aromatic carbocycles. The van der Waals surface area contributed by atoms with Gasteiger partial charge in [0.25, 0.3) is 5.91 Å². The Bertz CT molecular complexity index is 1400. The number of hydrogen-bond acceptors (Lipinski definition) is 3. The molecule has 0 spiro atoms. The Kier molecular flexibility index (Phi) is 5.84. The monoisotopic (exact) mass is 454 g/mol. The number of carbonyl (C=O) groups is 1. The zero-order valence-corrected chi connectivity index (χ0v) is 19.6. The number of thiophene rings is 1. The molecule has 166 valence electrons. The highest BCUT2D eigenvalue weighted by Crippen LogP contribution is 2.28. The van der Waals surface area contributed by atoms with Gasteiger partial charge in [-0.05, 0) is 48.9 Å². The number of benzene rings is 2. The van der Waals surface area contributed by atoms with Crippen molar-refractivity contribution in [2.24, 2.45) is 0 Å². The van der Waals surface area contributed by atoms with Crippen LogP contribution in [0, 0.1) is 13.8 Å². The summed E-state index contributed by atoms with van der Waals surface area (Å²) in [7, 11) is 0. The minimum Gasteiger partial charge on any atom is -0.331 e. The normalized spacial score (nSPS) is 11.2. The van der Waals surface area contributed by atoms with E-state index in [1.165, 1.54) is 5.56 Å². The van der Waals surface area contributed by atoms with Gasteiger partial charge in [0, 0.05) is 13.1 Å². The summed E-state index contributed by atoms with van der Waals surface area (Å²) in [5.41, 5.74) is 6.78. The number of rotatable bonds is 7. The average molecular weight is 455 g/mol. The number of aromatic nitrogens is 3. The van der Waals surface area contributed by atoms with Crippen molar-refractivity contribution in [3.63, 3.8) is 0 Å². The van der Waals surface area contributed by atoms with Crippen LogP contribution in [0.1, 0.15) is 33.0 Å². The molecule has 0 aliphatic heterocycles. The molecule has 0 bridgehead atoms. The molecule has 0 unspecified atom stereocenters. The SMILES string of the molecule is Cc1nn(CCc2ccccc2)c(C)c1NC(=O)c1cc2sccc2n1Cc1ccccc1. The first kappa shape index (κ1) is 21.2. The fourth-order valence-corrected chi connectivity index (χ4v) is 5.08. The minimum atomic E-state index is -0.108. The molecule has 0 saturated carbocycles. The highest BCUT2D eigenvalue weighted by Gasteiger charge is 2.20. The van der Waals surface area contributed by atoms with E-state index in [0.717, 1.165) is 45.8 Å². The van der Waals surface area contributed by atoms with Crippen LogP contribution < -0.4 is 5.32 Å². The van der Waals surface area contributed by atoms with Gasteiger partial charge in [-0.3, -0.25) is 9.48 Å². The summed E-state index contributed by atoms with van der Waals surface area (Å²) in [6.07, 6.45) is 0.895. The summed E-state index contributed by atoms with van der Waals surface area (Å²) in [4.78, 5) is 13.4. The Balaban J connectivity index is 1.39. The number of carbonyl (C=O) groups excluding carboxylic acids is 1. The van der Waals surface area contributed by atoms with Crippen molar-refractivity contribution in [2.45, 2.75) is 33.4 Å². The van der Waals surface area contributed by atoms with Crippen LogP contribution in [0.15, 0.2) is 78.2 Å². The van der Waals surface area contributed by atoms with E-state index in [-0.39, 0.29) is 5.91 Å². The fourth-order valence-electron chi connectivity index (χ4n) is 4.25. The van der Waals surface area contributed by atoms with Crippen LogP contribution >= 0.6 is 11.3 Å². The van der Waals surface area contributed by atoms with E-state index in [0.29, 0.717) is 12.2 Å².